The average molecular weight is 299 g/mol. The van der Waals surface area contributed by atoms with Gasteiger partial charge in [-0.3, -0.25) is 9.59 Å². The maximum atomic E-state index is 12.0. The van der Waals surface area contributed by atoms with Gasteiger partial charge in [-0.1, -0.05) is 0 Å². The molecule has 1 amide bonds. The molecule has 0 aromatic carbocycles. The highest BCUT2D eigenvalue weighted by Crippen LogP contribution is 2.16. The molecular formula is C13H21N3O3S. The fourth-order valence-corrected chi connectivity index (χ4v) is 2.20. The Morgan fingerprint density at radius 1 is 1.45 bits per heavy atom. The lowest BCUT2D eigenvalue weighted by atomic mass is 10.4. The number of rotatable bonds is 7. The minimum absolute atomic E-state index is 0.151. The van der Waals surface area contributed by atoms with Gasteiger partial charge >= 0.3 is 5.97 Å². The molecular weight excluding hydrogens is 278 g/mol. The molecule has 1 aromatic heterocycles. The highest BCUT2D eigenvalue weighted by molar-refractivity contribution is 8.01. The molecule has 0 saturated heterocycles. The van der Waals surface area contributed by atoms with Gasteiger partial charge in [-0.2, -0.15) is 5.10 Å². The number of ether oxygens (including phenoxy) is 1. The molecule has 0 aliphatic heterocycles. The molecule has 1 unspecified atom stereocenters. The van der Waals surface area contributed by atoms with Gasteiger partial charge in [-0.05, 0) is 27.7 Å². The van der Waals surface area contributed by atoms with Crippen LogP contribution in [0.4, 0.5) is 5.82 Å². The molecule has 20 heavy (non-hydrogen) atoms. The van der Waals surface area contributed by atoms with Crippen molar-refractivity contribution in [3.63, 3.8) is 0 Å². The Bertz CT molecular complexity index is 459. The van der Waals surface area contributed by atoms with Crippen LogP contribution in [0.3, 0.4) is 0 Å². The summed E-state index contributed by atoms with van der Waals surface area (Å²) in [4.78, 5) is 23.3. The number of nitrogens with zero attached hydrogens (tertiary/aromatic N) is 2. The lowest BCUT2D eigenvalue weighted by Gasteiger charge is -2.14. The molecule has 7 heteroatoms. The summed E-state index contributed by atoms with van der Waals surface area (Å²) in [5.74, 6) is 0.381. The van der Waals surface area contributed by atoms with E-state index in [4.69, 9.17) is 4.74 Å². The van der Waals surface area contributed by atoms with Crippen molar-refractivity contribution >= 4 is 29.5 Å². The minimum Gasteiger partial charge on any atom is -0.465 e. The van der Waals surface area contributed by atoms with E-state index in [1.165, 1.54) is 11.8 Å². The maximum absolute atomic E-state index is 12.0. The smallest absolute Gasteiger partial charge is 0.315 e. The highest BCUT2D eigenvalue weighted by atomic mass is 32.2. The summed E-state index contributed by atoms with van der Waals surface area (Å²) in [5.41, 5.74) is 0. The van der Waals surface area contributed by atoms with Gasteiger partial charge in [-0.15, -0.1) is 11.8 Å². The van der Waals surface area contributed by atoms with E-state index < -0.39 is 0 Å². The predicted molar refractivity (Wildman–Crippen MR) is 79.8 cm³/mol. The van der Waals surface area contributed by atoms with E-state index in [0.717, 1.165) is 0 Å². The SMILES string of the molecule is CCOC(=O)CSC(C)C(=O)Nc1ccnn1C(C)C. The van der Waals surface area contributed by atoms with Crippen molar-refractivity contribution in [2.24, 2.45) is 0 Å². The van der Waals surface area contributed by atoms with E-state index >= 15 is 0 Å². The zero-order valence-electron chi connectivity index (χ0n) is 12.3. The second kappa shape index (κ2) is 7.94. The summed E-state index contributed by atoms with van der Waals surface area (Å²) in [7, 11) is 0. The topological polar surface area (TPSA) is 73.2 Å². The highest BCUT2D eigenvalue weighted by Gasteiger charge is 2.17. The molecule has 1 atom stereocenters. The number of nitrogens with one attached hydrogen (secondary N) is 1. The minimum atomic E-state index is -0.338. The van der Waals surface area contributed by atoms with Crippen LogP contribution in [0.1, 0.15) is 33.7 Å². The van der Waals surface area contributed by atoms with E-state index in [1.54, 1.807) is 30.8 Å². The molecule has 0 bridgehead atoms. The number of anilines is 1. The second-order valence-corrected chi connectivity index (χ2v) is 5.83. The zero-order valence-corrected chi connectivity index (χ0v) is 13.1. The third kappa shape index (κ3) is 4.88. The number of hydrogen-bond donors (Lipinski definition) is 1. The van der Waals surface area contributed by atoms with Crippen LogP contribution in [0.2, 0.25) is 0 Å². The van der Waals surface area contributed by atoms with Gasteiger partial charge in [0.1, 0.15) is 5.82 Å². The number of thioether (sulfide) groups is 1. The predicted octanol–water partition coefficient (Wildman–Crippen LogP) is 2.09. The Labute approximate surface area is 123 Å². The number of carbonyl (C=O) groups is 2. The number of amides is 1. The molecule has 0 fully saturated rings. The van der Waals surface area contributed by atoms with Crippen molar-refractivity contribution < 1.29 is 14.3 Å². The monoisotopic (exact) mass is 299 g/mol. The summed E-state index contributed by atoms with van der Waals surface area (Å²) < 4.78 is 6.56. The van der Waals surface area contributed by atoms with Crippen LogP contribution in [0.15, 0.2) is 12.3 Å². The van der Waals surface area contributed by atoms with Gasteiger partial charge in [0, 0.05) is 12.1 Å². The Hall–Kier alpha value is -1.50. The third-order valence-electron chi connectivity index (χ3n) is 2.54. The number of aromatic nitrogens is 2. The molecule has 0 saturated carbocycles. The fraction of sp³-hybridized carbons (Fsp3) is 0.615. The normalized spacial score (nSPS) is 12.2. The quantitative estimate of drug-likeness (QED) is 0.780. The number of hydrogen-bond acceptors (Lipinski definition) is 5. The largest absolute Gasteiger partial charge is 0.465 e. The first kappa shape index (κ1) is 16.6. The molecule has 1 rings (SSSR count). The summed E-state index contributed by atoms with van der Waals surface area (Å²) in [5, 5.41) is 6.63. The maximum Gasteiger partial charge on any atom is 0.315 e. The Kier molecular flexibility index (Phi) is 6.57. The lowest BCUT2D eigenvalue weighted by molar-refractivity contribution is -0.139. The average Bonchev–Trinajstić information content (AvgIpc) is 2.84. The third-order valence-corrected chi connectivity index (χ3v) is 3.65. The molecule has 0 spiro atoms. The fourth-order valence-electron chi connectivity index (χ4n) is 1.52. The lowest BCUT2D eigenvalue weighted by Crippen LogP contribution is -2.25. The van der Waals surface area contributed by atoms with Gasteiger partial charge < -0.3 is 10.1 Å². The molecule has 0 aliphatic rings. The first-order valence-electron chi connectivity index (χ1n) is 6.57. The van der Waals surface area contributed by atoms with Crippen LogP contribution < -0.4 is 5.32 Å². The van der Waals surface area contributed by atoms with Crippen molar-refractivity contribution in [2.45, 2.75) is 39.0 Å². The van der Waals surface area contributed by atoms with Crippen molar-refractivity contribution in [2.75, 3.05) is 17.7 Å². The van der Waals surface area contributed by atoms with Crippen LogP contribution in [0, 0.1) is 0 Å². The van der Waals surface area contributed by atoms with Crippen molar-refractivity contribution in [1.29, 1.82) is 0 Å². The molecule has 1 heterocycles. The van der Waals surface area contributed by atoms with Gasteiger partial charge in [0.2, 0.25) is 5.91 Å². The second-order valence-electron chi connectivity index (χ2n) is 4.50. The van der Waals surface area contributed by atoms with Crippen LogP contribution in [0.25, 0.3) is 0 Å². The molecule has 6 nitrogen and oxygen atoms in total. The summed E-state index contributed by atoms with van der Waals surface area (Å²) >= 11 is 1.25. The van der Waals surface area contributed by atoms with E-state index in [2.05, 4.69) is 10.4 Å². The first-order chi connectivity index (χ1) is 9.45. The molecule has 0 radical (unpaired) electrons. The molecule has 1 N–H and O–H groups in total. The van der Waals surface area contributed by atoms with Crippen molar-refractivity contribution in [3.05, 3.63) is 12.3 Å². The molecule has 0 aliphatic carbocycles. The van der Waals surface area contributed by atoms with Gasteiger partial charge in [-0.25, -0.2) is 4.68 Å². The first-order valence-corrected chi connectivity index (χ1v) is 7.62. The number of esters is 1. The summed E-state index contributed by atoms with van der Waals surface area (Å²) in [6.07, 6.45) is 1.64. The Morgan fingerprint density at radius 2 is 2.15 bits per heavy atom. The van der Waals surface area contributed by atoms with Crippen LogP contribution >= 0.6 is 11.8 Å². The van der Waals surface area contributed by atoms with Crippen molar-refractivity contribution in [3.8, 4) is 0 Å². The van der Waals surface area contributed by atoms with Crippen LogP contribution in [0.5, 0.6) is 0 Å². The van der Waals surface area contributed by atoms with Gasteiger partial charge in [0.05, 0.1) is 23.8 Å². The van der Waals surface area contributed by atoms with Gasteiger partial charge in [0.25, 0.3) is 0 Å². The van der Waals surface area contributed by atoms with E-state index in [1.807, 2.05) is 13.8 Å². The zero-order chi connectivity index (χ0) is 15.1. The van der Waals surface area contributed by atoms with E-state index in [0.29, 0.717) is 12.4 Å². The van der Waals surface area contributed by atoms with Crippen LogP contribution in [-0.4, -0.2) is 39.3 Å². The van der Waals surface area contributed by atoms with E-state index in [-0.39, 0.29) is 28.9 Å². The van der Waals surface area contributed by atoms with Gasteiger partial charge in [0.15, 0.2) is 0 Å². The van der Waals surface area contributed by atoms with Crippen molar-refractivity contribution in [1.82, 2.24) is 9.78 Å². The number of carbonyl (C=O) groups excluding carboxylic acids is 2. The standard InChI is InChI=1S/C13H21N3O3S/c1-5-19-12(17)8-20-10(4)13(18)15-11-6-7-14-16(11)9(2)3/h6-7,9-10H,5,8H2,1-4H3,(H,15,18). The van der Waals surface area contributed by atoms with Crippen LogP contribution in [-0.2, 0) is 14.3 Å². The Balaban J connectivity index is 2.49. The Morgan fingerprint density at radius 3 is 2.75 bits per heavy atom. The summed E-state index contributed by atoms with van der Waals surface area (Å²) in [6, 6.07) is 1.92. The molecule has 1 aromatic rings. The summed E-state index contributed by atoms with van der Waals surface area (Å²) in [6.45, 7) is 7.85. The molecule has 112 valence electrons. The van der Waals surface area contributed by atoms with E-state index in [9.17, 15) is 9.59 Å².